The van der Waals surface area contributed by atoms with E-state index in [1.54, 1.807) is 13.2 Å². The van der Waals surface area contributed by atoms with E-state index in [1.165, 1.54) is 32.1 Å². The highest BCUT2D eigenvalue weighted by atomic mass is 16.1. The Kier molecular flexibility index (Phi) is 5.35. The fourth-order valence-corrected chi connectivity index (χ4v) is 2.90. The van der Waals surface area contributed by atoms with Crippen LogP contribution in [-0.4, -0.2) is 37.1 Å². The van der Waals surface area contributed by atoms with Crippen molar-refractivity contribution in [3.8, 4) is 0 Å². The fourth-order valence-electron chi connectivity index (χ4n) is 2.90. The molecule has 0 radical (unpaired) electrons. The smallest absolute Gasteiger partial charge is 0.269 e. The van der Waals surface area contributed by atoms with Gasteiger partial charge in [0.05, 0.1) is 0 Å². The van der Waals surface area contributed by atoms with Crippen molar-refractivity contribution in [1.29, 1.82) is 0 Å². The molecule has 1 aromatic rings. The van der Waals surface area contributed by atoms with Gasteiger partial charge in [0.15, 0.2) is 0 Å². The standard InChI is InChI=1S/C15H24N4O/c1-17-15(20)14-11-13(7-9-18-14)19(10-8-16)12-5-3-2-4-6-12/h7,9,11-12H,2-6,8,10,16H2,1H3,(H,17,20). The van der Waals surface area contributed by atoms with Gasteiger partial charge in [-0.2, -0.15) is 0 Å². The number of nitrogens with one attached hydrogen (secondary N) is 1. The first kappa shape index (κ1) is 14.8. The molecule has 0 atom stereocenters. The van der Waals surface area contributed by atoms with Crippen molar-refractivity contribution in [3.05, 3.63) is 24.0 Å². The number of aromatic nitrogens is 1. The zero-order valence-electron chi connectivity index (χ0n) is 12.1. The number of carbonyl (C=O) groups is 1. The molecule has 0 spiro atoms. The molecule has 0 bridgehead atoms. The first-order valence-corrected chi connectivity index (χ1v) is 7.41. The predicted molar refractivity (Wildman–Crippen MR) is 80.9 cm³/mol. The van der Waals surface area contributed by atoms with Crippen LogP contribution in [0.4, 0.5) is 5.69 Å². The van der Waals surface area contributed by atoms with Crippen molar-refractivity contribution < 1.29 is 4.79 Å². The monoisotopic (exact) mass is 276 g/mol. The molecule has 5 heteroatoms. The Hall–Kier alpha value is -1.62. The molecule has 2 rings (SSSR count). The van der Waals surface area contributed by atoms with Gasteiger partial charge in [-0.05, 0) is 25.0 Å². The van der Waals surface area contributed by atoms with E-state index in [9.17, 15) is 4.79 Å². The van der Waals surface area contributed by atoms with Crippen LogP contribution >= 0.6 is 0 Å². The number of nitrogens with zero attached hydrogens (tertiary/aromatic N) is 2. The van der Waals surface area contributed by atoms with Crippen molar-refractivity contribution in [2.24, 2.45) is 5.73 Å². The molecule has 3 N–H and O–H groups in total. The quantitative estimate of drug-likeness (QED) is 0.855. The summed E-state index contributed by atoms with van der Waals surface area (Å²) in [6.45, 7) is 1.44. The molecule has 1 aliphatic carbocycles. The zero-order valence-corrected chi connectivity index (χ0v) is 12.1. The zero-order chi connectivity index (χ0) is 14.4. The van der Waals surface area contributed by atoms with Crippen LogP contribution in [-0.2, 0) is 0 Å². The molecule has 0 aliphatic heterocycles. The van der Waals surface area contributed by atoms with E-state index in [-0.39, 0.29) is 5.91 Å². The van der Waals surface area contributed by atoms with Gasteiger partial charge < -0.3 is 16.0 Å². The van der Waals surface area contributed by atoms with Crippen molar-refractivity contribution >= 4 is 11.6 Å². The average Bonchev–Trinajstić information content (AvgIpc) is 2.52. The number of rotatable bonds is 5. The molecule has 110 valence electrons. The predicted octanol–water partition coefficient (Wildman–Crippen LogP) is 1.54. The van der Waals surface area contributed by atoms with Gasteiger partial charge in [-0.25, -0.2) is 0 Å². The van der Waals surface area contributed by atoms with E-state index >= 15 is 0 Å². The van der Waals surface area contributed by atoms with E-state index in [4.69, 9.17) is 5.73 Å². The number of nitrogens with two attached hydrogens (primary N) is 1. The van der Waals surface area contributed by atoms with Gasteiger partial charge in [-0.15, -0.1) is 0 Å². The number of anilines is 1. The second-order valence-corrected chi connectivity index (χ2v) is 5.25. The summed E-state index contributed by atoms with van der Waals surface area (Å²) in [5.74, 6) is -0.150. The minimum absolute atomic E-state index is 0.150. The normalized spacial score (nSPS) is 15.9. The molecule has 0 saturated heterocycles. The van der Waals surface area contributed by atoms with Crippen molar-refractivity contribution in [3.63, 3.8) is 0 Å². The van der Waals surface area contributed by atoms with E-state index < -0.39 is 0 Å². The third-order valence-electron chi connectivity index (χ3n) is 3.92. The third-order valence-corrected chi connectivity index (χ3v) is 3.92. The molecule has 1 aromatic heterocycles. The first-order chi connectivity index (χ1) is 9.76. The van der Waals surface area contributed by atoms with Crippen LogP contribution in [0.15, 0.2) is 18.3 Å². The lowest BCUT2D eigenvalue weighted by atomic mass is 9.93. The summed E-state index contributed by atoms with van der Waals surface area (Å²) in [7, 11) is 1.62. The molecular formula is C15H24N4O. The van der Waals surface area contributed by atoms with Crippen LogP contribution < -0.4 is 16.0 Å². The molecule has 1 aliphatic rings. The van der Waals surface area contributed by atoms with Crippen LogP contribution in [0.5, 0.6) is 0 Å². The molecule has 0 aromatic carbocycles. The van der Waals surface area contributed by atoms with Gasteiger partial charge in [0.25, 0.3) is 5.91 Å². The molecule has 1 heterocycles. The average molecular weight is 276 g/mol. The Balaban J connectivity index is 2.21. The summed E-state index contributed by atoms with van der Waals surface area (Å²) >= 11 is 0. The second kappa shape index (κ2) is 7.24. The lowest BCUT2D eigenvalue weighted by Crippen LogP contribution is -2.40. The third kappa shape index (κ3) is 3.48. The SMILES string of the molecule is CNC(=O)c1cc(N(CCN)C2CCCCC2)ccn1. The molecule has 1 amide bonds. The Morgan fingerprint density at radius 3 is 2.85 bits per heavy atom. The molecule has 20 heavy (non-hydrogen) atoms. The lowest BCUT2D eigenvalue weighted by molar-refractivity contribution is 0.0958. The molecule has 1 saturated carbocycles. The number of pyridine rings is 1. The van der Waals surface area contributed by atoms with Crippen LogP contribution in [0.25, 0.3) is 0 Å². The summed E-state index contributed by atoms with van der Waals surface area (Å²) in [5.41, 5.74) is 7.27. The van der Waals surface area contributed by atoms with Gasteiger partial charge >= 0.3 is 0 Å². The summed E-state index contributed by atoms with van der Waals surface area (Å²) in [4.78, 5) is 18.2. The number of amides is 1. The van der Waals surface area contributed by atoms with Crippen LogP contribution in [0, 0.1) is 0 Å². The van der Waals surface area contributed by atoms with E-state index in [0.29, 0.717) is 18.3 Å². The highest BCUT2D eigenvalue weighted by Gasteiger charge is 2.21. The van der Waals surface area contributed by atoms with Crippen LogP contribution in [0.3, 0.4) is 0 Å². The van der Waals surface area contributed by atoms with E-state index in [0.717, 1.165) is 12.2 Å². The summed E-state index contributed by atoms with van der Waals surface area (Å²) in [6.07, 6.45) is 7.99. The Bertz CT molecular complexity index is 443. The summed E-state index contributed by atoms with van der Waals surface area (Å²) in [6, 6.07) is 4.37. The Labute approximate surface area is 120 Å². The van der Waals surface area contributed by atoms with Gasteiger partial charge in [0.2, 0.25) is 0 Å². The summed E-state index contributed by atoms with van der Waals surface area (Å²) in [5, 5.41) is 2.61. The maximum Gasteiger partial charge on any atom is 0.269 e. The van der Waals surface area contributed by atoms with Crippen LogP contribution in [0.2, 0.25) is 0 Å². The van der Waals surface area contributed by atoms with Gasteiger partial charge in [-0.1, -0.05) is 19.3 Å². The minimum Gasteiger partial charge on any atom is -0.367 e. The van der Waals surface area contributed by atoms with E-state index in [2.05, 4.69) is 15.2 Å². The van der Waals surface area contributed by atoms with Crippen molar-refractivity contribution in [2.75, 3.05) is 25.0 Å². The first-order valence-electron chi connectivity index (χ1n) is 7.41. The van der Waals surface area contributed by atoms with Crippen molar-refractivity contribution in [2.45, 2.75) is 38.1 Å². The lowest BCUT2D eigenvalue weighted by Gasteiger charge is -2.36. The second-order valence-electron chi connectivity index (χ2n) is 5.25. The fraction of sp³-hybridized carbons (Fsp3) is 0.600. The Morgan fingerprint density at radius 2 is 2.20 bits per heavy atom. The molecule has 5 nitrogen and oxygen atoms in total. The van der Waals surface area contributed by atoms with Gasteiger partial charge in [0, 0.05) is 38.1 Å². The van der Waals surface area contributed by atoms with Crippen molar-refractivity contribution in [1.82, 2.24) is 10.3 Å². The molecule has 0 unspecified atom stereocenters. The molecular weight excluding hydrogens is 252 g/mol. The highest BCUT2D eigenvalue weighted by Crippen LogP contribution is 2.27. The number of carbonyl (C=O) groups excluding carboxylic acids is 1. The minimum atomic E-state index is -0.150. The maximum atomic E-state index is 11.7. The summed E-state index contributed by atoms with van der Waals surface area (Å²) < 4.78 is 0. The van der Waals surface area contributed by atoms with E-state index in [1.807, 2.05) is 12.1 Å². The highest BCUT2D eigenvalue weighted by molar-refractivity contribution is 5.92. The topological polar surface area (TPSA) is 71.2 Å². The van der Waals surface area contributed by atoms with Gasteiger partial charge in [0.1, 0.15) is 5.69 Å². The molecule has 1 fully saturated rings. The van der Waals surface area contributed by atoms with Gasteiger partial charge in [-0.3, -0.25) is 9.78 Å². The Morgan fingerprint density at radius 1 is 1.45 bits per heavy atom. The maximum absolute atomic E-state index is 11.7. The number of hydrogen-bond acceptors (Lipinski definition) is 4. The number of hydrogen-bond donors (Lipinski definition) is 2. The largest absolute Gasteiger partial charge is 0.367 e. The van der Waals surface area contributed by atoms with Crippen LogP contribution in [0.1, 0.15) is 42.6 Å².